The number of benzene rings is 2. The zero-order valence-corrected chi connectivity index (χ0v) is 16.4. The SMILES string of the molecule is Cc1cc(Oc2cc(Cl)ccc2CNCc2cc(C(F)(F)F)nn2C)ccc1F. The van der Waals surface area contributed by atoms with Gasteiger partial charge >= 0.3 is 6.18 Å². The number of halogens is 5. The molecule has 9 heteroatoms. The third kappa shape index (κ3) is 5.27. The molecule has 1 aromatic heterocycles. The summed E-state index contributed by atoms with van der Waals surface area (Å²) in [6.07, 6.45) is -4.49. The Morgan fingerprint density at radius 1 is 1.10 bits per heavy atom. The lowest BCUT2D eigenvalue weighted by atomic mass is 10.2. The van der Waals surface area contributed by atoms with Gasteiger partial charge < -0.3 is 10.1 Å². The first kappa shape index (κ1) is 21.1. The van der Waals surface area contributed by atoms with Gasteiger partial charge in [0.1, 0.15) is 17.3 Å². The van der Waals surface area contributed by atoms with E-state index in [9.17, 15) is 17.6 Å². The molecule has 0 saturated carbocycles. The summed E-state index contributed by atoms with van der Waals surface area (Å²) >= 11 is 6.06. The highest BCUT2D eigenvalue weighted by molar-refractivity contribution is 6.30. The van der Waals surface area contributed by atoms with E-state index < -0.39 is 11.9 Å². The minimum absolute atomic E-state index is 0.178. The topological polar surface area (TPSA) is 39.1 Å². The first-order chi connectivity index (χ1) is 13.6. The Bertz CT molecular complexity index is 1020. The van der Waals surface area contributed by atoms with Crippen LogP contribution in [-0.2, 0) is 26.3 Å². The normalized spacial score (nSPS) is 11.7. The summed E-state index contributed by atoms with van der Waals surface area (Å²) in [5, 5.41) is 7.03. The van der Waals surface area contributed by atoms with Crippen LogP contribution in [0.1, 0.15) is 22.5 Å². The van der Waals surface area contributed by atoms with Crippen molar-refractivity contribution in [2.24, 2.45) is 7.05 Å². The molecular weight excluding hydrogens is 410 g/mol. The molecule has 3 aromatic rings. The molecule has 3 rings (SSSR count). The number of aryl methyl sites for hydroxylation is 2. The van der Waals surface area contributed by atoms with Gasteiger partial charge in [0.2, 0.25) is 0 Å². The van der Waals surface area contributed by atoms with E-state index in [2.05, 4.69) is 10.4 Å². The second kappa shape index (κ2) is 8.42. The molecule has 0 spiro atoms. The van der Waals surface area contributed by atoms with Crippen molar-refractivity contribution in [1.29, 1.82) is 0 Å². The number of ether oxygens (including phenoxy) is 1. The van der Waals surface area contributed by atoms with Gasteiger partial charge in [0, 0.05) is 30.7 Å². The van der Waals surface area contributed by atoms with E-state index in [4.69, 9.17) is 16.3 Å². The van der Waals surface area contributed by atoms with Crippen LogP contribution in [0.4, 0.5) is 17.6 Å². The molecule has 0 atom stereocenters. The molecule has 0 unspecified atom stereocenters. The number of hydrogen-bond acceptors (Lipinski definition) is 3. The molecule has 0 aliphatic rings. The van der Waals surface area contributed by atoms with Crippen LogP contribution in [-0.4, -0.2) is 9.78 Å². The second-order valence-electron chi connectivity index (χ2n) is 6.51. The van der Waals surface area contributed by atoms with E-state index in [1.165, 1.54) is 23.9 Å². The average Bonchev–Trinajstić information content (AvgIpc) is 3.01. The van der Waals surface area contributed by atoms with Crippen LogP contribution in [0, 0.1) is 12.7 Å². The van der Waals surface area contributed by atoms with Gasteiger partial charge in [0.05, 0.1) is 5.69 Å². The van der Waals surface area contributed by atoms with Gasteiger partial charge in [0.25, 0.3) is 0 Å². The highest BCUT2D eigenvalue weighted by Crippen LogP contribution is 2.30. The van der Waals surface area contributed by atoms with Crippen LogP contribution < -0.4 is 10.1 Å². The van der Waals surface area contributed by atoms with Gasteiger partial charge in [-0.05, 0) is 48.9 Å². The van der Waals surface area contributed by atoms with Crippen LogP contribution in [0.5, 0.6) is 11.5 Å². The number of rotatable bonds is 6. The molecule has 0 aliphatic carbocycles. The van der Waals surface area contributed by atoms with Gasteiger partial charge in [-0.25, -0.2) is 4.39 Å². The molecule has 0 bridgehead atoms. The second-order valence-corrected chi connectivity index (χ2v) is 6.95. The maximum absolute atomic E-state index is 13.5. The Morgan fingerprint density at radius 2 is 1.86 bits per heavy atom. The molecule has 0 amide bonds. The molecule has 4 nitrogen and oxygen atoms in total. The Hall–Kier alpha value is -2.58. The Kier molecular flexibility index (Phi) is 6.14. The third-order valence-corrected chi connectivity index (χ3v) is 4.51. The Labute approximate surface area is 170 Å². The summed E-state index contributed by atoms with van der Waals surface area (Å²) in [6, 6.07) is 10.5. The standard InChI is InChI=1S/C20H18ClF4N3O/c1-12-7-16(5-6-17(12)22)29-18-8-14(21)4-3-13(18)10-26-11-15-9-19(20(23,24)25)27-28(15)2/h3-9,26H,10-11H2,1-2H3. The smallest absolute Gasteiger partial charge is 0.435 e. The molecular formula is C20H18ClF4N3O. The number of alkyl halides is 3. The Morgan fingerprint density at radius 3 is 2.52 bits per heavy atom. The van der Waals surface area contributed by atoms with Crippen molar-refractivity contribution in [3.63, 3.8) is 0 Å². The lowest BCUT2D eigenvalue weighted by Gasteiger charge is -2.13. The number of hydrogen-bond donors (Lipinski definition) is 1. The molecule has 1 heterocycles. The fourth-order valence-corrected chi connectivity index (χ4v) is 2.87. The highest BCUT2D eigenvalue weighted by atomic mass is 35.5. The zero-order valence-electron chi connectivity index (χ0n) is 15.6. The maximum atomic E-state index is 13.5. The minimum Gasteiger partial charge on any atom is -0.457 e. The summed E-state index contributed by atoms with van der Waals surface area (Å²) in [5.74, 6) is 0.589. The van der Waals surface area contributed by atoms with E-state index in [1.54, 1.807) is 31.2 Å². The third-order valence-electron chi connectivity index (χ3n) is 4.28. The van der Waals surface area contributed by atoms with Crippen molar-refractivity contribution >= 4 is 11.6 Å². The summed E-state index contributed by atoms with van der Waals surface area (Å²) in [4.78, 5) is 0. The first-order valence-electron chi connectivity index (χ1n) is 8.67. The van der Waals surface area contributed by atoms with Crippen molar-refractivity contribution in [3.05, 3.63) is 75.8 Å². The highest BCUT2D eigenvalue weighted by Gasteiger charge is 2.34. The van der Waals surface area contributed by atoms with E-state index in [0.29, 0.717) is 34.3 Å². The quantitative estimate of drug-likeness (QED) is 0.519. The van der Waals surface area contributed by atoms with Crippen molar-refractivity contribution < 1.29 is 22.3 Å². The molecule has 154 valence electrons. The summed E-state index contributed by atoms with van der Waals surface area (Å²) in [7, 11) is 1.46. The van der Waals surface area contributed by atoms with Crippen molar-refractivity contribution in [3.8, 4) is 11.5 Å². The molecule has 0 radical (unpaired) electrons. The Balaban J connectivity index is 1.71. The van der Waals surface area contributed by atoms with Crippen molar-refractivity contribution in [1.82, 2.24) is 15.1 Å². The fourth-order valence-electron chi connectivity index (χ4n) is 2.71. The minimum atomic E-state index is -4.49. The maximum Gasteiger partial charge on any atom is 0.435 e. The summed E-state index contributed by atoms with van der Waals surface area (Å²) in [6.45, 7) is 2.13. The lowest BCUT2D eigenvalue weighted by molar-refractivity contribution is -0.141. The van der Waals surface area contributed by atoms with Gasteiger partial charge in [-0.3, -0.25) is 4.68 Å². The zero-order chi connectivity index (χ0) is 21.2. The van der Waals surface area contributed by atoms with E-state index in [0.717, 1.165) is 11.6 Å². The van der Waals surface area contributed by atoms with Crippen molar-refractivity contribution in [2.75, 3.05) is 0 Å². The molecule has 0 aliphatic heterocycles. The monoisotopic (exact) mass is 427 g/mol. The molecule has 29 heavy (non-hydrogen) atoms. The van der Waals surface area contributed by atoms with Crippen LogP contribution in [0.25, 0.3) is 0 Å². The molecule has 0 fully saturated rings. The van der Waals surface area contributed by atoms with Gasteiger partial charge in [0.15, 0.2) is 5.69 Å². The lowest BCUT2D eigenvalue weighted by Crippen LogP contribution is -2.15. The molecule has 0 saturated heterocycles. The number of nitrogens with zero attached hydrogens (tertiary/aromatic N) is 2. The van der Waals surface area contributed by atoms with E-state index in [-0.39, 0.29) is 12.4 Å². The van der Waals surface area contributed by atoms with Gasteiger partial charge in [-0.15, -0.1) is 0 Å². The summed E-state index contributed by atoms with van der Waals surface area (Å²) in [5.41, 5.74) is 0.650. The van der Waals surface area contributed by atoms with E-state index in [1.807, 2.05) is 0 Å². The largest absolute Gasteiger partial charge is 0.457 e. The predicted octanol–water partition coefficient (Wildman–Crippen LogP) is 5.62. The van der Waals surface area contributed by atoms with Crippen LogP contribution >= 0.6 is 11.6 Å². The number of nitrogens with one attached hydrogen (secondary N) is 1. The average molecular weight is 428 g/mol. The van der Waals surface area contributed by atoms with Crippen LogP contribution in [0.15, 0.2) is 42.5 Å². The van der Waals surface area contributed by atoms with Gasteiger partial charge in [-0.1, -0.05) is 17.7 Å². The van der Waals surface area contributed by atoms with Gasteiger partial charge in [-0.2, -0.15) is 18.3 Å². The molecule has 2 aromatic carbocycles. The molecule has 1 N–H and O–H groups in total. The van der Waals surface area contributed by atoms with Crippen LogP contribution in [0.2, 0.25) is 5.02 Å². The first-order valence-corrected chi connectivity index (χ1v) is 9.04. The predicted molar refractivity (Wildman–Crippen MR) is 101 cm³/mol. The van der Waals surface area contributed by atoms with Crippen molar-refractivity contribution in [2.45, 2.75) is 26.2 Å². The summed E-state index contributed by atoms with van der Waals surface area (Å²) < 4.78 is 58.8. The fraction of sp³-hybridized carbons (Fsp3) is 0.250. The van der Waals surface area contributed by atoms with Crippen LogP contribution in [0.3, 0.4) is 0 Å². The van der Waals surface area contributed by atoms with E-state index >= 15 is 0 Å². The number of aromatic nitrogens is 2.